The summed E-state index contributed by atoms with van der Waals surface area (Å²) in [4.78, 5) is 40.4. The van der Waals surface area contributed by atoms with Crippen molar-refractivity contribution in [2.75, 3.05) is 25.7 Å². The maximum atomic E-state index is 13.2. The lowest BCUT2D eigenvalue weighted by Gasteiger charge is -2.37. The number of carbonyl (C=O) groups is 3. The molecule has 7 nitrogen and oxygen atoms in total. The summed E-state index contributed by atoms with van der Waals surface area (Å²) in [5.74, 6) is 2.23. The molecule has 0 spiro atoms. The van der Waals surface area contributed by atoms with Gasteiger partial charge in [-0.1, -0.05) is 12.2 Å². The van der Waals surface area contributed by atoms with Gasteiger partial charge in [0.1, 0.15) is 5.75 Å². The van der Waals surface area contributed by atoms with E-state index in [2.05, 4.69) is 12.2 Å². The summed E-state index contributed by atoms with van der Waals surface area (Å²) >= 11 is 0. The van der Waals surface area contributed by atoms with Crippen molar-refractivity contribution in [2.45, 2.75) is 6.42 Å². The highest BCUT2D eigenvalue weighted by Crippen LogP contribution is 2.65. The number of ether oxygens (including phenoxy) is 3. The summed E-state index contributed by atoms with van der Waals surface area (Å²) in [5.41, 5.74) is 1.00. The van der Waals surface area contributed by atoms with E-state index in [4.69, 9.17) is 14.2 Å². The molecule has 0 aromatic heterocycles. The van der Waals surface area contributed by atoms with Crippen molar-refractivity contribution in [3.05, 3.63) is 60.2 Å². The van der Waals surface area contributed by atoms with Crippen molar-refractivity contribution < 1.29 is 28.6 Å². The minimum absolute atomic E-state index is 0.0861. The number of Topliss-reactive ketones (excluding diaryl/α,β-unsaturated/α-hetero) is 1. The molecule has 2 amide bonds. The molecule has 0 radical (unpaired) electrons. The molecular formula is C27H25NO6. The van der Waals surface area contributed by atoms with Crippen LogP contribution in [0.2, 0.25) is 0 Å². The van der Waals surface area contributed by atoms with Crippen LogP contribution in [0.1, 0.15) is 16.8 Å². The van der Waals surface area contributed by atoms with Crippen LogP contribution >= 0.6 is 0 Å². The van der Waals surface area contributed by atoms with Crippen molar-refractivity contribution >= 4 is 23.3 Å². The Bertz CT molecular complexity index is 1180. The molecule has 2 aromatic rings. The van der Waals surface area contributed by atoms with E-state index in [0.717, 1.165) is 6.42 Å². The fourth-order valence-electron chi connectivity index (χ4n) is 6.14. The molecule has 174 valence electrons. The molecule has 1 heterocycles. The van der Waals surface area contributed by atoms with E-state index in [1.165, 1.54) is 19.1 Å². The average molecular weight is 459 g/mol. The van der Waals surface area contributed by atoms with E-state index in [0.29, 0.717) is 40.3 Å². The zero-order valence-corrected chi connectivity index (χ0v) is 19.0. The lowest BCUT2D eigenvalue weighted by Crippen LogP contribution is -2.40. The van der Waals surface area contributed by atoms with Crippen LogP contribution in [-0.4, -0.2) is 38.4 Å². The van der Waals surface area contributed by atoms with E-state index < -0.39 is 0 Å². The third-order valence-electron chi connectivity index (χ3n) is 7.83. The zero-order valence-electron chi connectivity index (χ0n) is 19.0. The van der Waals surface area contributed by atoms with Gasteiger partial charge in [-0.05, 0) is 72.6 Å². The molecule has 2 bridgehead atoms. The third kappa shape index (κ3) is 3.06. The third-order valence-corrected chi connectivity index (χ3v) is 7.83. The maximum absolute atomic E-state index is 13.2. The zero-order chi connectivity index (χ0) is 23.6. The lowest BCUT2D eigenvalue weighted by atomic mass is 9.63. The molecule has 7 rings (SSSR count). The van der Waals surface area contributed by atoms with Crippen LogP contribution in [0, 0.1) is 35.5 Å². The Balaban J connectivity index is 1.13. The number of amides is 2. The fourth-order valence-corrected chi connectivity index (χ4v) is 6.14. The molecule has 7 heteroatoms. The van der Waals surface area contributed by atoms with Crippen LogP contribution < -0.4 is 19.1 Å². The molecule has 2 unspecified atom stereocenters. The van der Waals surface area contributed by atoms with Gasteiger partial charge in [0.25, 0.3) is 0 Å². The predicted molar refractivity (Wildman–Crippen MR) is 123 cm³/mol. The highest BCUT2D eigenvalue weighted by molar-refractivity contribution is 6.22. The summed E-state index contributed by atoms with van der Waals surface area (Å²) in [7, 11) is 3.05. The second kappa shape index (κ2) is 7.72. The quantitative estimate of drug-likeness (QED) is 0.358. The molecular weight excluding hydrogens is 434 g/mol. The van der Waals surface area contributed by atoms with Gasteiger partial charge in [-0.2, -0.15) is 0 Å². The van der Waals surface area contributed by atoms with E-state index in [-0.39, 0.29) is 47.9 Å². The summed E-state index contributed by atoms with van der Waals surface area (Å²) in [6.45, 7) is -0.154. The Morgan fingerprint density at radius 1 is 0.882 bits per heavy atom. The molecule has 0 N–H and O–H groups in total. The van der Waals surface area contributed by atoms with Crippen LogP contribution in [0.4, 0.5) is 5.69 Å². The van der Waals surface area contributed by atoms with Crippen molar-refractivity contribution in [1.29, 1.82) is 0 Å². The van der Waals surface area contributed by atoms with Crippen LogP contribution in [0.5, 0.6) is 17.2 Å². The van der Waals surface area contributed by atoms with E-state index >= 15 is 0 Å². The Labute approximate surface area is 197 Å². The Hall–Kier alpha value is -3.61. The summed E-state index contributed by atoms with van der Waals surface area (Å²) in [5, 5.41) is 0. The Morgan fingerprint density at radius 2 is 1.50 bits per heavy atom. The SMILES string of the molecule is COc1ccc(C(=O)COc2ccc(N3C(=O)[C@@H]4[C@H](C3=O)C3C=C[C@H]4C4C[C@@H]34)cc2)cc1OC. The first-order chi connectivity index (χ1) is 16.5. The normalized spacial score (nSPS) is 30.1. The molecule has 4 aliphatic carbocycles. The fraction of sp³-hybridized carbons (Fsp3) is 0.370. The molecule has 2 aromatic carbocycles. The number of anilines is 1. The first kappa shape index (κ1) is 21.0. The van der Waals surface area contributed by atoms with Gasteiger partial charge in [0.2, 0.25) is 11.8 Å². The number of allylic oxidation sites excluding steroid dienone is 2. The van der Waals surface area contributed by atoms with Crippen LogP contribution in [0.15, 0.2) is 54.6 Å². The molecule has 3 fully saturated rings. The second-order valence-corrected chi connectivity index (χ2v) is 9.44. The minimum Gasteiger partial charge on any atom is -0.493 e. The van der Waals surface area contributed by atoms with Gasteiger partial charge in [-0.25, -0.2) is 0 Å². The van der Waals surface area contributed by atoms with Gasteiger partial charge in [0, 0.05) is 5.56 Å². The largest absolute Gasteiger partial charge is 0.493 e. The van der Waals surface area contributed by atoms with Crippen LogP contribution in [0.3, 0.4) is 0 Å². The molecule has 1 saturated heterocycles. The van der Waals surface area contributed by atoms with Gasteiger partial charge in [0.05, 0.1) is 31.7 Å². The highest BCUT2D eigenvalue weighted by Gasteiger charge is 2.67. The van der Waals surface area contributed by atoms with Gasteiger partial charge in [-0.15, -0.1) is 0 Å². The summed E-state index contributed by atoms with van der Waals surface area (Å²) in [6.07, 6.45) is 5.48. The molecule has 2 saturated carbocycles. The summed E-state index contributed by atoms with van der Waals surface area (Å²) < 4.78 is 16.1. The predicted octanol–water partition coefficient (Wildman–Crippen LogP) is 3.52. The second-order valence-electron chi connectivity index (χ2n) is 9.44. The number of imide groups is 1. The smallest absolute Gasteiger partial charge is 0.238 e. The average Bonchev–Trinajstić information content (AvgIpc) is 3.65. The van der Waals surface area contributed by atoms with Crippen LogP contribution in [0.25, 0.3) is 0 Å². The Morgan fingerprint density at radius 3 is 2.09 bits per heavy atom. The number of nitrogens with zero attached hydrogens (tertiary/aromatic N) is 1. The van der Waals surface area contributed by atoms with Gasteiger partial charge in [-0.3, -0.25) is 19.3 Å². The summed E-state index contributed by atoms with van der Waals surface area (Å²) in [6, 6.07) is 11.7. The van der Waals surface area contributed by atoms with Crippen molar-refractivity contribution in [3.63, 3.8) is 0 Å². The minimum atomic E-state index is -0.221. The maximum Gasteiger partial charge on any atom is 0.238 e. The van der Waals surface area contributed by atoms with Crippen LogP contribution in [-0.2, 0) is 9.59 Å². The highest BCUT2D eigenvalue weighted by atomic mass is 16.5. The first-order valence-corrected chi connectivity index (χ1v) is 11.6. The van der Waals surface area contributed by atoms with Crippen molar-refractivity contribution in [1.82, 2.24) is 0 Å². The number of carbonyl (C=O) groups excluding carboxylic acids is 3. The number of benzene rings is 2. The molecule has 1 aliphatic heterocycles. The van der Waals surface area contributed by atoms with E-state index in [1.807, 2.05) is 0 Å². The number of methoxy groups -OCH3 is 2. The number of hydrogen-bond donors (Lipinski definition) is 0. The standard InChI is InChI=1S/C27H25NO6/c1-32-22-10-3-14(11-23(22)33-2)21(29)13-34-16-6-4-15(5-7-16)28-26(30)24-17-8-9-18(20-12-19(17)20)25(24)27(28)31/h3-11,17-20,24-25H,12-13H2,1-2H3/t17-,18?,19?,20-,24-,25+/m0/s1. The van der Waals surface area contributed by atoms with Gasteiger partial charge < -0.3 is 14.2 Å². The van der Waals surface area contributed by atoms with Gasteiger partial charge >= 0.3 is 0 Å². The lowest BCUT2D eigenvalue weighted by molar-refractivity contribution is -0.124. The number of rotatable bonds is 7. The molecule has 5 aliphatic rings. The van der Waals surface area contributed by atoms with E-state index in [1.54, 1.807) is 42.5 Å². The molecule has 6 atom stereocenters. The first-order valence-electron chi connectivity index (χ1n) is 11.6. The number of hydrogen-bond acceptors (Lipinski definition) is 6. The monoisotopic (exact) mass is 459 g/mol. The molecule has 34 heavy (non-hydrogen) atoms. The van der Waals surface area contributed by atoms with Gasteiger partial charge in [0.15, 0.2) is 23.9 Å². The topological polar surface area (TPSA) is 82.1 Å². The Kier molecular flexibility index (Phi) is 4.76. The van der Waals surface area contributed by atoms with Crippen molar-refractivity contribution in [3.8, 4) is 17.2 Å². The van der Waals surface area contributed by atoms with E-state index in [9.17, 15) is 14.4 Å². The number of ketones is 1. The van der Waals surface area contributed by atoms with Crippen molar-refractivity contribution in [2.24, 2.45) is 35.5 Å².